The third-order valence-corrected chi connectivity index (χ3v) is 8.61. The first-order valence-electron chi connectivity index (χ1n) is 11.1. The molecule has 0 bridgehead atoms. The van der Waals surface area contributed by atoms with E-state index in [0.717, 1.165) is 54.1 Å². The lowest BCUT2D eigenvalue weighted by Gasteiger charge is -2.30. The number of anilines is 1. The molecule has 1 fully saturated rings. The minimum atomic E-state index is 0.0982. The summed E-state index contributed by atoms with van der Waals surface area (Å²) in [6, 6.07) is 10.7. The molecule has 0 spiro atoms. The number of carbonyl (C=O) groups is 1. The summed E-state index contributed by atoms with van der Waals surface area (Å²) < 4.78 is 1.05. The normalized spacial score (nSPS) is 14.9. The number of rotatable bonds is 7. The van der Waals surface area contributed by atoms with Crippen LogP contribution in [0, 0.1) is 0 Å². The van der Waals surface area contributed by atoms with Crippen LogP contribution in [0.1, 0.15) is 42.5 Å². The number of hydrogen-bond acceptors (Lipinski definition) is 5. The van der Waals surface area contributed by atoms with Crippen LogP contribution in [0.4, 0.5) is 5.69 Å². The van der Waals surface area contributed by atoms with Crippen molar-refractivity contribution in [1.29, 1.82) is 0 Å². The number of thiazole rings is 1. The van der Waals surface area contributed by atoms with E-state index in [4.69, 9.17) is 4.98 Å². The van der Waals surface area contributed by atoms with Crippen molar-refractivity contribution in [3.05, 3.63) is 61.5 Å². The van der Waals surface area contributed by atoms with Gasteiger partial charge in [-0.2, -0.15) is 0 Å². The molecule has 1 aliphatic heterocycles. The van der Waals surface area contributed by atoms with Crippen molar-refractivity contribution in [2.45, 2.75) is 32.6 Å². The van der Waals surface area contributed by atoms with Crippen LogP contribution in [-0.2, 0) is 4.79 Å². The molecule has 1 amide bonds. The Bertz CT molecular complexity index is 1060. The second kappa shape index (κ2) is 10.8. The third kappa shape index (κ3) is 5.50. The largest absolute Gasteiger partial charge is 0.372 e. The zero-order valence-corrected chi connectivity index (χ0v) is 21.7. The van der Waals surface area contributed by atoms with Gasteiger partial charge in [-0.1, -0.05) is 12.1 Å². The van der Waals surface area contributed by atoms with E-state index in [1.54, 1.807) is 28.7 Å². The average molecular weight is 531 g/mol. The summed E-state index contributed by atoms with van der Waals surface area (Å²) >= 11 is 6.82. The molecule has 0 radical (unpaired) electrons. The maximum atomic E-state index is 12.5. The van der Waals surface area contributed by atoms with E-state index in [1.165, 1.54) is 16.3 Å². The minimum Gasteiger partial charge on any atom is -0.372 e. The molecule has 1 aliphatic rings. The second-order valence-corrected chi connectivity index (χ2v) is 10.6. The highest BCUT2D eigenvalue weighted by Crippen LogP contribution is 2.33. The van der Waals surface area contributed by atoms with E-state index in [2.05, 4.69) is 64.3 Å². The standard InChI is InChI=1S/C25H28BrN3OS2/c1-3-28(4-2)21-7-5-18(6-8-21)23-17-32-25(27-23)19-11-13-29(14-12-19)24(30)10-9-22-15-20(26)16-31-22/h5-10,15-17,19H,3-4,11-14H2,1-2H3/b10-9+. The van der Waals surface area contributed by atoms with Crippen LogP contribution in [0.15, 0.2) is 51.6 Å². The molecule has 168 valence electrons. The maximum Gasteiger partial charge on any atom is 0.246 e. The Morgan fingerprint density at radius 2 is 1.88 bits per heavy atom. The van der Waals surface area contributed by atoms with Gasteiger partial charge in [-0.15, -0.1) is 22.7 Å². The van der Waals surface area contributed by atoms with E-state index in [-0.39, 0.29) is 5.91 Å². The predicted octanol–water partition coefficient (Wildman–Crippen LogP) is 6.90. The van der Waals surface area contributed by atoms with Gasteiger partial charge in [0.2, 0.25) is 5.91 Å². The number of likely N-dealkylation sites (tertiary alicyclic amines) is 1. The van der Waals surface area contributed by atoms with Gasteiger partial charge in [0.1, 0.15) is 0 Å². The molecule has 0 unspecified atom stereocenters. The molecule has 2 aromatic heterocycles. The van der Waals surface area contributed by atoms with Crippen molar-refractivity contribution in [2.24, 2.45) is 0 Å². The lowest BCUT2D eigenvalue weighted by molar-refractivity contribution is -0.126. The first kappa shape index (κ1) is 23.2. The molecule has 4 nitrogen and oxygen atoms in total. The summed E-state index contributed by atoms with van der Waals surface area (Å²) in [4.78, 5) is 22.9. The van der Waals surface area contributed by atoms with Crippen LogP contribution in [0.2, 0.25) is 0 Å². The molecule has 7 heteroatoms. The monoisotopic (exact) mass is 529 g/mol. The molecular formula is C25H28BrN3OS2. The Balaban J connectivity index is 1.34. The van der Waals surface area contributed by atoms with Gasteiger partial charge in [-0.25, -0.2) is 4.98 Å². The highest BCUT2D eigenvalue weighted by atomic mass is 79.9. The summed E-state index contributed by atoms with van der Waals surface area (Å²) in [7, 11) is 0. The number of amides is 1. The summed E-state index contributed by atoms with van der Waals surface area (Å²) in [6.07, 6.45) is 5.54. The van der Waals surface area contributed by atoms with Gasteiger partial charge in [0.05, 0.1) is 10.7 Å². The summed E-state index contributed by atoms with van der Waals surface area (Å²) in [6.45, 7) is 7.97. The fourth-order valence-corrected chi connectivity index (χ4v) is 6.40. The number of nitrogens with zero attached hydrogens (tertiary/aromatic N) is 3. The van der Waals surface area contributed by atoms with Gasteiger partial charge in [-0.3, -0.25) is 4.79 Å². The average Bonchev–Trinajstić information content (AvgIpc) is 3.48. The molecule has 3 aromatic rings. The molecular weight excluding hydrogens is 502 g/mol. The lowest BCUT2D eigenvalue weighted by Crippen LogP contribution is -2.36. The van der Waals surface area contributed by atoms with Gasteiger partial charge in [-0.05, 0) is 66.9 Å². The fourth-order valence-electron chi connectivity index (χ4n) is 4.06. The molecule has 0 saturated carbocycles. The Morgan fingerprint density at radius 1 is 1.16 bits per heavy atom. The molecule has 1 aromatic carbocycles. The van der Waals surface area contributed by atoms with Gasteiger partial charge in [0.25, 0.3) is 0 Å². The van der Waals surface area contributed by atoms with Gasteiger partial charge < -0.3 is 9.80 Å². The predicted molar refractivity (Wildman–Crippen MR) is 141 cm³/mol. The molecule has 0 N–H and O–H groups in total. The Labute approximate surface area is 206 Å². The van der Waals surface area contributed by atoms with Crippen molar-refractivity contribution in [3.8, 4) is 11.3 Å². The van der Waals surface area contributed by atoms with Crippen molar-refractivity contribution < 1.29 is 4.79 Å². The zero-order valence-electron chi connectivity index (χ0n) is 18.5. The van der Waals surface area contributed by atoms with Crippen LogP contribution in [0.5, 0.6) is 0 Å². The van der Waals surface area contributed by atoms with Crippen molar-refractivity contribution in [3.63, 3.8) is 0 Å². The number of thiophene rings is 1. The highest BCUT2D eigenvalue weighted by molar-refractivity contribution is 9.10. The molecule has 0 atom stereocenters. The van der Waals surface area contributed by atoms with E-state index < -0.39 is 0 Å². The summed E-state index contributed by atoms with van der Waals surface area (Å²) in [5.74, 6) is 0.533. The number of halogens is 1. The van der Waals surface area contributed by atoms with Crippen molar-refractivity contribution in [1.82, 2.24) is 9.88 Å². The quantitative estimate of drug-likeness (QED) is 0.312. The molecule has 3 heterocycles. The molecule has 32 heavy (non-hydrogen) atoms. The van der Waals surface area contributed by atoms with E-state index >= 15 is 0 Å². The van der Waals surface area contributed by atoms with Gasteiger partial charge >= 0.3 is 0 Å². The van der Waals surface area contributed by atoms with E-state index in [9.17, 15) is 4.79 Å². The van der Waals surface area contributed by atoms with Gasteiger partial charge in [0, 0.05) is 69.5 Å². The van der Waals surface area contributed by atoms with Crippen LogP contribution in [0.25, 0.3) is 17.3 Å². The number of piperidine rings is 1. The van der Waals surface area contributed by atoms with Crippen LogP contribution in [0.3, 0.4) is 0 Å². The summed E-state index contributed by atoms with van der Waals surface area (Å²) in [5, 5.41) is 5.39. The van der Waals surface area contributed by atoms with Crippen molar-refractivity contribution in [2.75, 3.05) is 31.1 Å². The fraction of sp³-hybridized carbons (Fsp3) is 0.360. The lowest BCUT2D eigenvalue weighted by atomic mass is 9.97. The molecule has 4 rings (SSSR count). The Hall–Kier alpha value is -1.96. The van der Waals surface area contributed by atoms with Gasteiger partial charge in [0.15, 0.2) is 0 Å². The first-order valence-corrected chi connectivity index (χ1v) is 13.6. The van der Waals surface area contributed by atoms with Crippen molar-refractivity contribution >= 4 is 56.3 Å². The molecule has 1 saturated heterocycles. The smallest absolute Gasteiger partial charge is 0.246 e. The molecule has 0 aliphatic carbocycles. The Kier molecular flexibility index (Phi) is 7.81. The summed E-state index contributed by atoms with van der Waals surface area (Å²) in [5.41, 5.74) is 3.48. The number of hydrogen-bond donors (Lipinski definition) is 0. The second-order valence-electron chi connectivity index (χ2n) is 7.89. The topological polar surface area (TPSA) is 36.4 Å². The maximum absolute atomic E-state index is 12.5. The highest BCUT2D eigenvalue weighted by Gasteiger charge is 2.25. The van der Waals surface area contributed by atoms with E-state index in [0.29, 0.717) is 5.92 Å². The van der Waals surface area contributed by atoms with E-state index in [1.807, 2.05) is 22.4 Å². The number of benzene rings is 1. The number of carbonyl (C=O) groups excluding carboxylic acids is 1. The van der Waals surface area contributed by atoms with Crippen LogP contribution >= 0.6 is 38.6 Å². The third-order valence-electron chi connectivity index (χ3n) is 5.95. The zero-order chi connectivity index (χ0) is 22.5. The minimum absolute atomic E-state index is 0.0982. The SMILES string of the molecule is CCN(CC)c1ccc(-c2csc(C3CCN(C(=O)/C=C/c4cc(Br)cs4)CC3)n2)cc1. The van der Waals surface area contributed by atoms with Crippen LogP contribution < -0.4 is 4.90 Å². The first-order chi connectivity index (χ1) is 15.6. The van der Waals surface area contributed by atoms with Crippen LogP contribution in [-0.4, -0.2) is 42.0 Å². The number of aromatic nitrogens is 1. The Morgan fingerprint density at radius 3 is 2.50 bits per heavy atom.